The van der Waals surface area contributed by atoms with Crippen LogP contribution in [0.15, 0.2) is 66.0 Å². The summed E-state index contributed by atoms with van der Waals surface area (Å²) in [5.41, 5.74) is 1.41. The van der Waals surface area contributed by atoms with Crippen molar-refractivity contribution in [3.05, 3.63) is 93.0 Å². The van der Waals surface area contributed by atoms with Crippen LogP contribution in [0.2, 0.25) is 5.02 Å². The molecule has 2 aromatic heterocycles. The second-order valence-corrected chi connectivity index (χ2v) is 14.8. The summed E-state index contributed by atoms with van der Waals surface area (Å²) in [4.78, 5) is 92.9. The van der Waals surface area contributed by atoms with E-state index in [2.05, 4.69) is 31.2 Å². The molecule has 0 fully saturated rings. The van der Waals surface area contributed by atoms with E-state index < -0.39 is 66.2 Å². The average molecular weight is 775 g/mol. The fraction of sp³-hybridized carbons (Fsp3) is 0.368. The smallest absolute Gasteiger partial charge is 0.273 e. The van der Waals surface area contributed by atoms with Crippen molar-refractivity contribution in [1.82, 2.24) is 41.0 Å². The first-order valence-corrected chi connectivity index (χ1v) is 18.8. The van der Waals surface area contributed by atoms with E-state index in [0.29, 0.717) is 22.0 Å². The van der Waals surface area contributed by atoms with Crippen LogP contribution in [-0.2, 0) is 25.6 Å². The summed E-state index contributed by atoms with van der Waals surface area (Å²) in [6.45, 7) is 6.03. The predicted molar refractivity (Wildman–Crippen MR) is 205 cm³/mol. The van der Waals surface area contributed by atoms with E-state index in [1.807, 2.05) is 36.4 Å². The standard InChI is InChI=1S/C38H43ClN8O6S/c1-21(2)31-35(51)41-23(4)37(52)46(5)16-17-47(38(53)27-15-14-25-12-9-13-26(39)32(25)43-27)19-30(48)42-28(18-24-10-7-6-8-11-24)36-44-29(20-54-36)34(50)40-22(3)33(49)45-31/h6-15,20-23,28,31H,16-19H2,1-5H3,(H,40,50)(H,41,51)(H,42,48)(H,45,49)/t22-,23+,28-,31-/m0/s1. The van der Waals surface area contributed by atoms with E-state index in [-0.39, 0.29) is 30.4 Å². The molecule has 3 heterocycles. The van der Waals surface area contributed by atoms with Crippen molar-refractivity contribution in [1.29, 1.82) is 0 Å². The zero-order valence-corrected chi connectivity index (χ0v) is 32.2. The first kappa shape index (κ1) is 39.8. The normalized spacial score (nSPS) is 21.2. The number of amides is 6. The van der Waals surface area contributed by atoms with E-state index >= 15 is 0 Å². The first-order chi connectivity index (χ1) is 25.7. The molecule has 0 radical (unpaired) electrons. The lowest BCUT2D eigenvalue weighted by Gasteiger charge is -2.29. The number of para-hydroxylation sites is 1. The minimum atomic E-state index is -1.03. The number of benzene rings is 2. The molecule has 1 aliphatic heterocycles. The van der Waals surface area contributed by atoms with E-state index in [0.717, 1.165) is 22.3 Å². The van der Waals surface area contributed by atoms with Crippen LogP contribution < -0.4 is 21.3 Å². The van der Waals surface area contributed by atoms with Gasteiger partial charge in [-0.3, -0.25) is 28.8 Å². The Morgan fingerprint density at radius 1 is 0.870 bits per heavy atom. The zero-order valence-electron chi connectivity index (χ0n) is 30.6. The van der Waals surface area contributed by atoms with Gasteiger partial charge in [-0.25, -0.2) is 9.97 Å². The Morgan fingerprint density at radius 3 is 2.33 bits per heavy atom. The quantitative estimate of drug-likeness (QED) is 0.244. The topological polar surface area (TPSA) is 183 Å². The van der Waals surface area contributed by atoms with E-state index in [4.69, 9.17) is 11.6 Å². The summed E-state index contributed by atoms with van der Waals surface area (Å²) in [5.74, 6) is -3.71. The molecule has 2 bridgehead atoms. The van der Waals surface area contributed by atoms with Crippen LogP contribution in [0.4, 0.5) is 0 Å². The molecule has 4 atom stereocenters. The van der Waals surface area contributed by atoms with Gasteiger partial charge in [0.05, 0.1) is 23.1 Å². The van der Waals surface area contributed by atoms with Gasteiger partial charge >= 0.3 is 0 Å². The molecule has 4 N–H and O–H groups in total. The summed E-state index contributed by atoms with van der Waals surface area (Å²) in [6.07, 6.45) is 0.325. The summed E-state index contributed by atoms with van der Waals surface area (Å²) in [7, 11) is 1.53. The lowest BCUT2D eigenvalue weighted by molar-refractivity contribution is -0.136. The van der Waals surface area contributed by atoms with Crippen molar-refractivity contribution >= 4 is 69.3 Å². The third kappa shape index (κ3) is 9.76. The van der Waals surface area contributed by atoms with Gasteiger partial charge in [0.15, 0.2) is 0 Å². The molecule has 1 aliphatic rings. The number of nitrogens with one attached hydrogen (secondary N) is 4. The van der Waals surface area contributed by atoms with Crippen molar-refractivity contribution in [2.45, 2.75) is 58.3 Å². The van der Waals surface area contributed by atoms with Crippen LogP contribution in [0.5, 0.6) is 0 Å². The summed E-state index contributed by atoms with van der Waals surface area (Å²) in [6, 6.07) is 14.2. The number of thiazole rings is 1. The molecule has 0 saturated heterocycles. The molecular weight excluding hydrogens is 732 g/mol. The molecule has 4 aromatic rings. The fourth-order valence-corrected chi connectivity index (χ4v) is 6.96. The Hall–Kier alpha value is -5.41. The Bertz CT molecular complexity index is 2040. The molecule has 6 amide bonds. The van der Waals surface area contributed by atoms with Crippen LogP contribution in [0.25, 0.3) is 10.9 Å². The molecular formula is C38H43ClN8O6S. The number of hydrogen-bond donors (Lipinski definition) is 4. The summed E-state index contributed by atoms with van der Waals surface area (Å²) >= 11 is 7.56. The van der Waals surface area contributed by atoms with Crippen LogP contribution in [-0.4, -0.2) is 100 Å². The molecule has 5 rings (SSSR count). The largest absolute Gasteiger partial charge is 0.345 e. The number of aromatic nitrogens is 2. The summed E-state index contributed by atoms with van der Waals surface area (Å²) in [5, 5.41) is 14.0. The molecule has 0 saturated carbocycles. The van der Waals surface area contributed by atoms with E-state index in [1.54, 1.807) is 38.1 Å². The number of carbonyl (C=O) groups is 6. The van der Waals surface area contributed by atoms with Crippen LogP contribution in [0.1, 0.15) is 65.3 Å². The Morgan fingerprint density at radius 2 is 1.61 bits per heavy atom. The molecule has 0 aliphatic carbocycles. The predicted octanol–water partition coefficient (Wildman–Crippen LogP) is 3.12. The van der Waals surface area contributed by atoms with Gasteiger partial charge in [0.25, 0.3) is 11.8 Å². The van der Waals surface area contributed by atoms with Gasteiger partial charge in [-0.1, -0.05) is 74.0 Å². The van der Waals surface area contributed by atoms with Gasteiger partial charge in [0.2, 0.25) is 23.6 Å². The van der Waals surface area contributed by atoms with E-state index in [9.17, 15) is 28.8 Å². The molecule has 54 heavy (non-hydrogen) atoms. The highest BCUT2D eigenvalue weighted by atomic mass is 35.5. The molecule has 284 valence electrons. The number of rotatable bonds is 4. The highest BCUT2D eigenvalue weighted by Crippen LogP contribution is 2.24. The third-order valence-electron chi connectivity index (χ3n) is 8.98. The Kier molecular flexibility index (Phi) is 13.0. The van der Waals surface area contributed by atoms with Crippen molar-refractivity contribution in [2.75, 3.05) is 26.7 Å². The van der Waals surface area contributed by atoms with Gasteiger partial charge in [-0.15, -0.1) is 11.3 Å². The molecule has 0 spiro atoms. The highest BCUT2D eigenvalue weighted by molar-refractivity contribution is 7.09. The van der Waals surface area contributed by atoms with Crippen molar-refractivity contribution in [3.63, 3.8) is 0 Å². The second kappa shape index (κ2) is 17.6. The number of pyridine rings is 1. The van der Waals surface area contributed by atoms with Crippen molar-refractivity contribution < 1.29 is 28.8 Å². The molecule has 14 nitrogen and oxygen atoms in total. The number of halogens is 1. The molecule has 2 aromatic carbocycles. The second-order valence-electron chi connectivity index (χ2n) is 13.5. The van der Waals surface area contributed by atoms with Gasteiger partial charge < -0.3 is 31.1 Å². The Labute approximate surface area is 322 Å². The summed E-state index contributed by atoms with van der Waals surface area (Å²) < 4.78 is 0. The van der Waals surface area contributed by atoms with Crippen LogP contribution in [0.3, 0.4) is 0 Å². The monoisotopic (exact) mass is 774 g/mol. The molecule has 0 unspecified atom stereocenters. The lowest BCUT2D eigenvalue weighted by Crippen LogP contribution is -2.57. The van der Waals surface area contributed by atoms with E-state index in [1.165, 1.54) is 36.1 Å². The van der Waals surface area contributed by atoms with Crippen LogP contribution >= 0.6 is 22.9 Å². The van der Waals surface area contributed by atoms with Gasteiger partial charge in [0, 0.05) is 30.9 Å². The maximum absolute atomic E-state index is 14.1. The number of nitrogens with zero attached hydrogens (tertiary/aromatic N) is 4. The van der Waals surface area contributed by atoms with Crippen LogP contribution in [0, 0.1) is 5.92 Å². The van der Waals surface area contributed by atoms with Gasteiger partial charge in [0.1, 0.15) is 34.5 Å². The molecule has 16 heteroatoms. The maximum atomic E-state index is 14.1. The lowest BCUT2D eigenvalue weighted by atomic mass is 10.0. The van der Waals surface area contributed by atoms with Gasteiger partial charge in [-0.2, -0.15) is 0 Å². The van der Waals surface area contributed by atoms with Crippen molar-refractivity contribution in [3.8, 4) is 0 Å². The minimum Gasteiger partial charge on any atom is -0.345 e. The minimum absolute atomic E-state index is 0.00528. The number of carbonyl (C=O) groups excluding carboxylic acids is 6. The fourth-order valence-electron chi connectivity index (χ4n) is 5.89. The highest BCUT2D eigenvalue weighted by Gasteiger charge is 2.31. The third-order valence-corrected chi connectivity index (χ3v) is 10.2. The first-order valence-electron chi connectivity index (χ1n) is 17.5. The SMILES string of the molecule is CC(C)[C@@H]1NC(=O)[C@H](C)NC(=O)c2csc(n2)[C@H](Cc2ccccc2)NC(=O)CN(C(=O)c2ccc3cccc(Cl)c3n2)CCN(C)C(=O)[C@@H](C)NC1=O. The Balaban J connectivity index is 1.50. The zero-order chi connectivity index (χ0) is 39.1. The van der Waals surface area contributed by atoms with Gasteiger partial charge in [-0.05, 0) is 43.9 Å². The number of fused-ring (bicyclic) bond motifs is 3. The number of hydrogen-bond acceptors (Lipinski definition) is 9. The maximum Gasteiger partial charge on any atom is 0.273 e. The average Bonchev–Trinajstić information content (AvgIpc) is 3.65. The number of likely N-dealkylation sites (N-methyl/N-ethyl adjacent to an activating group) is 1. The van der Waals surface area contributed by atoms with Crippen molar-refractivity contribution in [2.24, 2.45) is 5.92 Å².